The van der Waals surface area contributed by atoms with Crippen LogP contribution < -0.4 is 5.32 Å². The normalized spacial score (nSPS) is 18.3. The second-order valence-corrected chi connectivity index (χ2v) is 14.0. The fourth-order valence-electron chi connectivity index (χ4n) is 5.84. The molecule has 226 valence electrons. The summed E-state index contributed by atoms with van der Waals surface area (Å²) in [5.41, 5.74) is 1.65. The molecular formula is C29H36N4O7S2. The van der Waals surface area contributed by atoms with Crippen LogP contribution in [0.3, 0.4) is 0 Å². The number of thiophene rings is 1. The van der Waals surface area contributed by atoms with Gasteiger partial charge in [-0.3, -0.25) is 19.2 Å². The molecule has 1 N–H and O–H groups in total. The van der Waals surface area contributed by atoms with Crippen LogP contribution in [0.1, 0.15) is 70.2 Å². The average Bonchev–Trinajstić information content (AvgIpc) is 3.37. The zero-order valence-electron chi connectivity index (χ0n) is 23.9. The van der Waals surface area contributed by atoms with Crippen molar-refractivity contribution < 1.29 is 32.3 Å². The van der Waals surface area contributed by atoms with Crippen molar-refractivity contribution in [3.8, 4) is 0 Å². The molecule has 0 spiro atoms. The monoisotopic (exact) mass is 616 g/mol. The lowest BCUT2D eigenvalue weighted by Crippen LogP contribution is -2.40. The van der Waals surface area contributed by atoms with E-state index in [1.54, 1.807) is 4.90 Å². The van der Waals surface area contributed by atoms with Crippen LogP contribution in [-0.2, 0) is 37.3 Å². The summed E-state index contributed by atoms with van der Waals surface area (Å²) < 4.78 is 32.5. The lowest BCUT2D eigenvalue weighted by Gasteiger charge is -2.29. The molecule has 42 heavy (non-hydrogen) atoms. The Kier molecular flexibility index (Phi) is 9.00. The number of nitrogens with zero attached hydrogens (tertiary/aromatic N) is 3. The molecule has 0 atom stereocenters. The summed E-state index contributed by atoms with van der Waals surface area (Å²) in [7, 11) is -2.47. The van der Waals surface area contributed by atoms with Crippen LogP contribution in [0.15, 0.2) is 29.2 Å². The van der Waals surface area contributed by atoms with Gasteiger partial charge in [0.2, 0.25) is 15.9 Å². The van der Waals surface area contributed by atoms with Crippen molar-refractivity contribution in [1.29, 1.82) is 0 Å². The molecule has 3 aliphatic rings. The number of benzene rings is 1. The molecule has 5 rings (SSSR count). The first-order chi connectivity index (χ1) is 20.1. The maximum atomic E-state index is 13.7. The molecule has 4 heterocycles. The van der Waals surface area contributed by atoms with Gasteiger partial charge in [0, 0.05) is 50.1 Å². The van der Waals surface area contributed by atoms with E-state index in [2.05, 4.69) is 5.32 Å². The van der Waals surface area contributed by atoms with Crippen LogP contribution in [0, 0.1) is 5.92 Å². The zero-order chi connectivity index (χ0) is 30.0. The third-order valence-electron chi connectivity index (χ3n) is 8.33. The van der Waals surface area contributed by atoms with Crippen molar-refractivity contribution in [3.05, 3.63) is 45.8 Å². The highest BCUT2D eigenvalue weighted by atomic mass is 32.2. The highest BCUT2D eigenvalue weighted by molar-refractivity contribution is 7.89. The van der Waals surface area contributed by atoms with Gasteiger partial charge in [-0.25, -0.2) is 8.42 Å². The fourth-order valence-corrected chi connectivity index (χ4v) is 8.56. The second kappa shape index (κ2) is 12.5. The van der Waals surface area contributed by atoms with Gasteiger partial charge in [-0.2, -0.15) is 4.31 Å². The van der Waals surface area contributed by atoms with Gasteiger partial charge in [0.15, 0.2) is 0 Å². The molecular weight excluding hydrogens is 580 g/mol. The first-order valence-electron chi connectivity index (χ1n) is 14.3. The van der Waals surface area contributed by atoms with Crippen molar-refractivity contribution in [1.82, 2.24) is 14.1 Å². The topological polar surface area (TPSA) is 133 Å². The number of sulfonamides is 1. The van der Waals surface area contributed by atoms with Gasteiger partial charge in [-0.05, 0) is 68.4 Å². The first kappa shape index (κ1) is 30.2. The maximum Gasteiger partial charge on any atom is 0.308 e. The Bertz CT molecular complexity index is 1470. The van der Waals surface area contributed by atoms with Gasteiger partial charge >= 0.3 is 5.97 Å². The van der Waals surface area contributed by atoms with E-state index in [4.69, 9.17) is 4.74 Å². The van der Waals surface area contributed by atoms with Gasteiger partial charge in [0.25, 0.3) is 11.8 Å². The van der Waals surface area contributed by atoms with Crippen LogP contribution in [0.25, 0.3) is 0 Å². The SMILES string of the molecule is COC(=O)C1CCN(S(=O)(=O)c2ccc(C(=O)Nc3sc4c(c3C(=O)N3CCCCC3)CCN(C(C)=O)C4)cc2)CC1. The Balaban J connectivity index is 1.34. The summed E-state index contributed by atoms with van der Waals surface area (Å²) >= 11 is 1.32. The number of amides is 3. The molecule has 2 fully saturated rings. The van der Waals surface area contributed by atoms with Crippen molar-refractivity contribution in [3.63, 3.8) is 0 Å². The minimum atomic E-state index is -3.79. The van der Waals surface area contributed by atoms with Crippen LogP contribution in [0.2, 0.25) is 0 Å². The number of hydrogen-bond acceptors (Lipinski definition) is 8. The molecule has 0 unspecified atom stereocenters. The summed E-state index contributed by atoms with van der Waals surface area (Å²) in [6.07, 6.45) is 4.28. The summed E-state index contributed by atoms with van der Waals surface area (Å²) in [5.74, 6) is -1.23. The van der Waals surface area contributed by atoms with Gasteiger partial charge in [-0.15, -0.1) is 11.3 Å². The highest BCUT2D eigenvalue weighted by Crippen LogP contribution is 2.38. The smallest absolute Gasteiger partial charge is 0.308 e. The predicted octanol–water partition coefficient (Wildman–Crippen LogP) is 3.10. The van der Waals surface area contributed by atoms with E-state index in [1.807, 2.05) is 4.90 Å². The van der Waals surface area contributed by atoms with Crippen molar-refractivity contribution in [2.75, 3.05) is 45.2 Å². The molecule has 2 saturated heterocycles. The van der Waals surface area contributed by atoms with Gasteiger partial charge in [0.05, 0.1) is 30.0 Å². The molecule has 1 aromatic carbocycles. The van der Waals surface area contributed by atoms with Crippen LogP contribution in [0.5, 0.6) is 0 Å². The summed E-state index contributed by atoms with van der Waals surface area (Å²) in [5, 5.41) is 3.37. The number of carbonyl (C=O) groups is 4. The number of rotatable bonds is 6. The molecule has 3 aliphatic heterocycles. The van der Waals surface area contributed by atoms with Gasteiger partial charge in [0.1, 0.15) is 5.00 Å². The van der Waals surface area contributed by atoms with E-state index in [0.29, 0.717) is 56.0 Å². The lowest BCUT2D eigenvalue weighted by atomic mass is 9.99. The number of methoxy groups -OCH3 is 1. The largest absolute Gasteiger partial charge is 0.469 e. The number of carbonyl (C=O) groups excluding carboxylic acids is 4. The molecule has 3 amide bonds. The highest BCUT2D eigenvalue weighted by Gasteiger charge is 2.34. The zero-order valence-corrected chi connectivity index (χ0v) is 25.5. The van der Waals surface area contributed by atoms with Crippen molar-refractivity contribution in [2.24, 2.45) is 5.92 Å². The quantitative estimate of drug-likeness (QED) is 0.493. The standard InChI is InChI=1S/C29H36N4O7S2/c1-19(34)32-15-12-23-24(18-32)41-27(25(23)28(36)31-13-4-3-5-14-31)30-26(35)20-6-8-22(9-7-20)42(38,39)33-16-10-21(11-17-33)29(37)40-2/h6-9,21H,3-5,10-18H2,1-2H3,(H,30,35). The molecule has 0 radical (unpaired) electrons. The summed E-state index contributed by atoms with van der Waals surface area (Å²) in [6.45, 7) is 4.21. The summed E-state index contributed by atoms with van der Waals surface area (Å²) in [6, 6.07) is 5.72. The van der Waals surface area contributed by atoms with E-state index in [1.165, 1.54) is 53.9 Å². The van der Waals surface area contributed by atoms with E-state index >= 15 is 0 Å². The van der Waals surface area contributed by atoms with Gasteiger partial charge in [-0.1, -0.05) is 0 Å². The first-order valence-corrected chi connectivity index (χ1v) is 16.5. The number of ether oxygens (including phenoxy) is 1. The molecule has 1 aromatic heterocycles. The Morgan fingerprint density at radius 1 is 0.929 bits per heavy atom. The van der Waals surface area contributed by atoms with E-state index < -0.39 is 15.9 Å². The second-order valence-electron chi connectivity index (χ2n) is 10.9. The average molecular weight is 617 g/mol. The van der Waals surface area contributed by atoms with Crippen molar-refractivity contribution >= 4 is 50.1 Å². The third kappa shape index (κ3) is 6.09. The molecule has 0 bridgehead atoms. The number of piperidine rings is 2. The van der Waals surface area contributed by atoms with Gasteiger partial charge < -0.3 is 19.9 Å². The summed E-state index contributed by atoms with van der Waals surface area (Å²) in [4.78, 5) is 55.4. The van der Waals surface area contributed by atoms with Crippen LogP contribution in [-0.4, -0.2) is 86.0 Å². The minimum Gasteiger partial charge on any atom is -0.469 e. The molecule has 0 aliphatic carbocycles. The van der Waals surface area contributed by atoms with Crippen LogP contribution in [0.4, 0.5) is 5.00 Å². The molecule has 2 aromatic rings. The molecule has 11 nitrogen and oxygen atoms in total. The maximum absolute atomic E-state index is 13.7. The number of hydrogen-bond donors (Lipinski definition) is 1. The minimum absolute atomic E-state index is 0.0357. The molecule has 13 heteroatoms. The van der Waals surface area contributed by atoms with Crippen molar-refractivity contribution in [2.45, 2.75) is 56.9 Å². The van der Waals surface area contributed by atoms with E-state index in [-0.39, 0.29) is 47.3 Å². The third-order valence-corrected chi connectivity index (χ3v) is 11.4. The van der Waals surface area contributed by atoms with E-state index in [9.17, 15) is 27.6 Å². The van der Waals surface area contributed by atoms with Crippen LogP contribution >= 0.6 is 11.3 Å². The Labute approximate surface area is 249 Å². The Hall–Kier alpha value is -3.29. The number of likely N-dealkylation sites (tertiary alicyclic amines) is 1. The Morgan fingerprint density at radius 3 is 2.21 bits per heavy atom. The Morgan fingerprint density at radius 2 is 1.60 bits per heavy atom. The fraction of sp³-hybridized carbons (Fsp3) is 0.517. The number of fused-ring (bicyclic) bond motifs is 1. The van der Waals surface area contributed by atoms with E-state index in [0.717, 1.165) is 29.7 Å². The lowest BCUT2D eigenvalue weighted by molar-refractivity contribution is -0.146. The molecule has 0 saturated carbocycles. The number of esters is 1. The predicted molar refractivity (Wildman–Crippen MR) is 157 cm³/mol. The number of anilines is 1. The number of nitrogens with one attached hydrogen (secondary N) is 1.